The average molecular weight is 342 g/mol. The van der Waals surface area contributed by atoms with E-state index in [1.807, 2.05) is 47.1 Å². The molecule has 0 unspecified atom stereocenters. The van der Waals surface area contributed by atoms with Crippen molar-refractivity contribution in [2.45, 2.75) is 32.4 Å². The van der Waals surface area contributed by atoms with Crippen LogP contribution in [0.25, 0.3) is 0 Å². The molecule has 3 rings (SSSR count). The van der Waals surface area contributed by atoms with Crippen molar-refractivity contribution in [1.29, 1.82) is 0 Å². The zero-order valence-corrected chi connectivity index (χ0v) is 14.9. The fourth-order valence-corrected chi connectivity index (χ4v) is 3.34. The molecule has 1 aliphatic heterocycles. The van der Waals surface area contributed by atoms with Crippen LogP contribution >= 0.6 is 0 Å². The van der Waals surface area contributed by atoms with Crippen molar-refractivity contribution in [2.24, 2.45) is 0 Å². The topological polar surface area (TPSA) is 59.4 Å². The van der Waals surface area contributed by atoms with E-state index in [0.29, 0.717) is 6.54 Å². The minimum atomic E-state index is 0.151. The molecule has 2 aromatic rings. The molecule has 1 fully saturated rings. The molecule has 1 amide bonds. The number of rotatable bonds is 7. The summed E-state index contributed by atoms with van der Waals surface area (Å²) in [6, 6.07) is 8.18. The molecule has 1 atom stereocenters. The van der Waals surface area contributed by atoms with Gasteiger partial charge in [0, 0.05) is 19.3 Å². The Bertz CT molecular complexity index is 713. The highest BCUT2D eigenvalue weighted by Crippen LogP contribution is 2.33. The lowest BCUT2D eigenvalue weighted by Crippen LogP contribution is -2.38. The predicted octanol–water partition coefficient (Wildman–Crippen LogP) is 2.15. The lowest BCUT2D eigenvalue weighted by atomic mass is 10.0. The summed E-state index contributed by atoms with van der Waals surface area (Å²) >= 11 is 0. The maximum absolute atomic E-state index is 12.6. The first-order valence-corrected chi connectivity index (χ1v) is 8.80. The Morgan fingerprint density at radius 3 is 3.08 bits per heavy atom. The number of methoxy groups -OCH3 is 1. The largest absolute Gasteiger partial charge is 0.497 e. The molecular weight excluding hydrogens is 316 g/mol. The quantitative estimate of drug-likeness (QED) is 0.784. The summed E-state index contributed by atoms with van der Waals surface area (Å²) in [5.41, 5.74) is 2.30. The first kappa shape index (κ1) is 17.5. The van der Waals surface area contributed by atoms with Crippen molar-refractivity contribution >= 4 is 5.91 Å². The third kappa shape index (κ3) is 4.39. The normalized spacial score (nSPS) is 17.0. The molecule has 1 N–H and O–H groups in total. The number of aromatic nitrogens is 2. The highest BCUT2D eigenvalue weighted by Gasteiger charge is 2.29. The summed E-state index contributed by atoms with van der Waals surface area (Å²) in [6.07, 6.45) is 5.89. The number of likely N-dealkylation sites (tertiary alicyclic amines) is 1. The van der Waals surface area contributed by atoms with Gasteiger partial charge in [-0.3, -0.25) is 9.48 Å². The first-order valence-electron chi connectivity index (χ1n) is 8.80. The molecule has 1 saturated heterocycles. The van der Waals surface area contributed by atoms with Crippen molar-refractivity contribution in [3.05, 3.63) is 47.8 Å². The Labute approximate surface area is 148 Å². The molecule has 2 heterocycles. The lowest BCUT2D eigenvalue weighted by Gasteiger charge is -2.25. The van der Waals surface area contributed by atoms with Gasteiger partial charge < -0.3 is 15.0 Å². The minimum absolute atomic E-state index is 0.151. The fourth-order valence-electron chi connectivity index (χ4n) is 3.34. The van der Waals surface area contributed by atoms with Gasteiger partial charge in [-0.2, -0.15) is 5.10 Å². The van der Waals surface area contributed by atoms with E-state index in [4.69, 9.17) is 4.74 Å². The van der Waals surface area contributed by atoms with Crippen LogP contribution in [0.4, 0.5) is 0 Å². The summed E-state index contributed by atoms with van der Waals surface area (Å²) < 4.78 is 7.20. The maximum atomic E-state index is 12.6. The fraction of sp³-hybridized carbons (Fsp3) is 0.474. The van der Waals surface area contributed by atoms with E-state index in [9.17, 15) is 4.79 Å². The number of carbonyl (C=O) groups excluding carboxylic acids is 1. The zero-order chi connectivity index (χ0) is 17.6. The zero-order valence-electron chi connectivity index (χ0n) is 14.9. The molecule has 0 bridgehead atoms. The SMILES string of the molecule is COc1cccc([C@@H]2CCCN2C(=O)CNCCn2cc(C)cn2)c1. The molecule has 0 aliphatic carbocycles. The van der Waals surface area contributed by atoms with Crippen LogP contribution in [0.1, 0.15) is 30.0 Å². The number of amides is 1. The number of hydrogen-bond donors (Lipinski definition) is 1. The number of carbonyl (C=O) groups is 1. The van der Waals surface area contributed by atoms with Gasteiger partial charge in [-0.05, 0) is 43.0 Å². The van der Waals surface area contributed by atoms with Gasteiger partial charge >= 0.3 is 0 Å². The van der Waals surface area contributed by atoms with Crippen LogP contribution in [0, 0.1) is 6.92 Å². The van der Waals surface area contributed by atoms with Gasteiger partial charge in [-0.25, -0.2) is 0 Å². The van der Waals surface area contributed by atoms with E-state index in [1.54, 1.807) is 7.11 Å². The van der Waals surface area contributed by atoms with Crippen LogP contribution < -0.4 is 10.1 Å². The van der Waals surface area contributed by atoms with Crippen LogP contribution in [0.15, 0.2) is 36.7 Å². The number of aryl methyl sites for hydroxylation is 1. The molecule has 0 radical (unpaired) electrons. The van der Waals surface area contributed by atoms with E-state index in [1.165, 1.54) is 0 Å². The molecule has 1 aromatic heterocycles. The summed E-state index contributed by atoms with van der Waals surface area (Å²) in [7, 11) is 1.67. The number of hydrogen-bond acceptors (Lipinski definition) is 4. The van der Waals surface area contributed by atoms with E-state index < -0.39 is 0 Å². The van der Waals surface area contributed by atoms with Crippen molar-refractivity contribution in [3.8, 4) is 5.75 Å². The minimum Gasteiger partial charge on any atom is -0.497 e. The lowest BCUT2D eigenvalue weighted by molar-refractivity contribution is -0.131. The van der Waals surface area contributed by atoms with Gasteiger partial charge in [0.05, 0.1) is 32.4 Å². The smallest absolute Gasteiger partial charge is 0.237 e. The monoisotopic (exact) mass is 342 g/mol. The summed E-state index contributed by atoms with van der Waals surface area (Å²) in [5, 5.41) is 7.49. The molecule has 6 nitrogen and oxygen atoms in total. The Hall–Kier alpha value is -2.34. The molecule has 25 heavy (non-hydrogen) atoms. The molecule has 134 valence electrons. The number of ether oxygens (including phenoxy) is 1. The average Bonchev–Trinajstić information content (AvgIpc) is 3.27. The van der Waals surface area contributed by atoms with Gasteiger partial charge in [-0.1, -0.05) is 12.1 Å². The van der Waals surface area contributed by atoms with Crippen LogP contribution in [-0.4, -0.2) is 47.3 Å². The van der Waals surface area contributed by atoms with Crippen LogP contribution in [0.2, 0.25) is 0 Å². The second-order valence-corrected chi connectivity index (χ2v) is 6.48. The highest BCUT2D eigenvalue weighted by molar-refractivity contribution is 5.79. The van der Waals surface area contributed by atoms with E-state index in [-0.39, 0.29) is 11.9 Å². The van der Waals surface area contributed by atoms with Crippen molar-refractivity contribution < 1.29 is 9.53 Å². The van der Waals surface area contributed by atoms with Gasteiger partial charge in [0.2, 0.25) is 5.91 Å². The number of nitrogens with zero attached hydrogens (tertiary/aromatic N) is 3. The van der Waals surface area contributed by atoms with Gasteiger partial charge in [0.25, 0.3) is 0 Å². The van der Waals surface area contributed by atoms with E-state index in [0.717, 1.165) is 49.4 Å². The Balaban J connectivity index is 1.51. The third-order valence-corrected chi connectivity index (χ3v) is 4.61. The van der Waals surface area contributed by atoms with E-state index in [2.05, 4.69) is 16.5 Å². The molecule has 1 aromatic carbocycles. The van der Waals surface area contributed by atoms with Gasteiger partial charge in [0.1, 0.15) is 5.75 Å². The Morgan fingerprint density at radius 1 is 1.44 bits per heavy atom. The summed E-state index contributed by atoms with van der Waals surface area (Å²) in [6.45, 7) is 4.69. The molecule has 1 aliphatic rings. The standard InChI is InChI=1S/C19H26N4O2/c1-15-12-21-22(14-15)10-8-20-13-19(24)23-9-4-7-18(23)16-5-3-6-17(11-16)25-2/h3,5-6,11-12,14,18,20H,4,7-10,13H2,1-2H3/t18-/m0/s1. The van der Waals surface area contributed by atoms with E-state index >= 15 is 0 Å². The third-order valence-electron chi connectivity index (χ3n) is 4.61. The predicted molar refractivity (Wildman–Crippen MR) is 96.5 cm³/mol. The number of nitrogens with one attached hydrogen (secondary N) is 1. The van der Waals surface area contributed by atoms with Crippen LogP contribution in [-0.2, 0) is 11.3 Å². The van der Waals surface area contributed by atoms with Crippen molar-refractivity contribution in [2.75, 3.05) is 26.7 Å². The summed E-state index contributed by atoms with van der Waals surface area (Å²) in [5.74, 6) is 0.992. The maximum Gasteiger partial charge on any atom is 0.237 e. The molecule has 0 saturated carbocycles. The van der Waals surface area contributed by atoms with Crippen molar-refractivity contribution in [1.82, 2.24) is 20.0 Å². The second-order valence-electron chi connectivity index (χ2n) is 6.48. The van der Waals surface area contributed by atoms with Gasteiger partial charge in [0.15, 0.2) is 0 Å². The molecular formula is C19H26N4O2. The van der Waals surface area contributed by atoms with Crippen LogP contribution in [0.3, 0.4) is 0 Å². The first-order chi connectivity index (χ1) is 12.2. The van der Waals surface area contributed by atoms with Crippen LogP contribution in [0.5, 0.6) is 5.75 Å². The molecule has 6 heteroatoms. The second kappa shape index (κ2) is 8.16. The Morgan fingerprint density at radius 2 is 2.32 bits per heavy atom. The number of benzene rings is 1. The Kier molecular flexibility index (Phi) is 5.71. The van der Waals surface area contributed by atoms with Crippen molar-refractivity contribution in [3.63, 3.8) is 0 Å². The molecule has 0 spiro atoms. The van der Waals surface area contributed by atoms with Gasteiger partial charge in [-0.15, -0.1) is 0 Å². The highest BCUT2D eigenvalue weighted by atomic mass is 16.5. The summed E-state index contributed by atoms with van der Waals surface area (Å²) in [4.78, 5) is 14.6.